The van der Waals surface area contributed by atoms with Gasteiger partial charge in [-0.3, -0.25) is 0 Å². The molecule has 0 aromatic heterocycles. The van der Waals surface area contributed by atoms with Crippen molar-refractivity contribution < 1.29 is 2.82 Å². The lowest BCUT2D eigenvalue weighted by Gasteiger charge is -2.06. The first kappa shape index (κ1) is 10.3. The molecule has 0 bridgehead atoms. The maximum absolute atomic E-state index is 7.91. The molecule has 2 aromatic carbocycles. The Labute approximate surface area is 112 Å². The Kier molecular flexibility index (Phi) is 4.37. The average Bonchev–Trinajstić information content (AvgIpc) is 2.47. The molecule has 18 heavy (non-hydrogen) atoms. The largest absolute Gasteiger partial charge is 0.311 e. The van der Waals surface area contributed by atoms with Gasteiger partial charge in [0.1, 0.15) is 2.82 Å². The van der Waals surface area contributed by atoms with Crippen LogP contribution < -0.4 is 10.6 Å². The van der Waals surface area contributed by atoms with Gasteiger partial charge in [0.15, 0.2) is 0 Å². The summed E-state index contributed by atoms with van der Waals surface area (Å²) in [6, 6.07) is 19.9. The summed E-state index contributed by atoms with van der Waals surface area (Å²) in [5, 5.41) is 3.00. The predicted molar refractivity (Wildman–Crippen MR) is 76.3 cm³/mol. The fraction of sp³-hybridized carbons (Fsp3) is 0.250. The minimum Gasteiger partial charge on any atom is -0.311 e. The van der Waals surface area contributed by atoms with Crippen LogP contribution >= 0.6 is 0 Å². The molecule has 2 rings (SSSR count). The van der Waals surface area contributed by atoms with E-state index in [2.05, 4.69) is 0 Å². The minimum absolute atomic E-state index is 0.561. The maximum Gasteiger partial charge on any atom is 0.123 e. The van der Waals surface area contributed by atoms with Crippen molar-refractivity contribution in [2.45, 2.75) is 13.1 Å². The van der Waals surface area contributed by atoms with E-state index in [-0.39, 0.29) is 0 Å². The molecular formula is C16H20N2. The van der Waals surface area contributed by atoms with Crippen molar-refractivity contribution in [1.82, 2.24) is 10.6 Å². The summed E-state index contributed by atoms with van der Waals surface area (Å²) in [4.78, 5) is 0. The fourth-order valence-electron chi connectivity index (χ4n) is 1.72. The molecule has 2 aromatic rings. The topological polar surface area (TPSA) is 24.1 Å². The number of nitrogens with one attached hydrogen (secondary N) is 2. The van der Waals surface area contributed by atoms with Gasteiger partial charge in [0, 0.05) is 26.2 Å². The standard InChI is InChI=1S/C16H20N2/c1-3-7-15(8-4-1)13-17-11-12-18-14-16-9-5-2-6-10-16/h1-10,17-18H,11-14H2/i/hD2. The second kappa shape index (κ2) is 7.64. The van der Waals surface area contributed by atoms with E-state index in [0.29, 0.717) is 26.2 Å². The Balaban J connectivity index is 1.71. The van der Waals surface area contributed by atoms with Crippen molar-refractivity contribution in [2.75, 3.05) is 13.1 Å². The summed E-state index contributed by atoms with van der Waals surface area (Å²) in [6.45, 7) is 2.32. The Hall–Kier alpha value is -1.64. The summed E-state index contributed by atoms with van der Waals surface area (Å²) in [6.07, 6.45) is 0. The molecule has 0 aliphatic heterocycles. The molecule has 0 fully saturated rings. The first-order chi connectivity index (χ1) is 9.74. The second-order valence-electron chi connectivity index (χ2n) is 4.18. The zero-order valence-corrected chi connectivity index (χ0v) is 10.5. The highest BCUT2D eigenvalue weighted by Gasteiger charge is 1.92. The monoisotopic (exact) mass is 242 g/mol. The van der Waals surface area contributed by atoms with Crippen LogP contribution in [0.25, 0.3) is 0 Å². The molecule has 2 heteroatoms. The van der Waals surface area contributed by atoms with Gasteiger partial charge in [0.2, 0.25) is 0 Å². The van der Waals surface area contributed by atoms with Gasteiger partial charge in [-0.2, -0.15) is 0 Å². The van der Waals surface area contributed by atoms with Gasteiger partial charge in [-0.1, -0.05) is 60.7 Å². The third-order valence-electron chi connectivity index (χ3n) is 2.69. The molecule has 0 aliphatic carbocycles. The molecule has 0 spiro atoms. The van der Waals surface area contributed by atoms with Crippen molar-refractivity contribution in [3.8, 4) is 0 Å². The van der Waals surface area contributed by atoms with Crippen molar-refractivity contribution in [3.05, 3.63) is 71.8 Å². The molecule has 94 valence electrons. The molecule has 0 unspecified atom stereocenters. The third kappa shape index (κ3) is 4.70. The van der Waals surface area contributed by atoms with Crippen LogP contribution in [0, 0.1) is 0 Å². The molecule has 0 aliphatic rings. The van der Waals surface area contributed by atoms with Crippen LogP contribution in [0.15, 0.2) is 60.7 Å². The SMILES string of the molecule is [2H]N(CCN([2H])Cc1ccccc1)Cc1ccccc1. The van der Waals surface area contributed by atoms with E-state index < -0.39 is 0 Å². The zero-order chi connectivity index (χ0) is 14.2. The Morgan fingerprint density at radius 2 is 1.06 bits per heavy atom. The highest BCUT2D eigenvalue weighted by atomic mass is 14.9. The Morgan fingerprint density at radius 1 is 0.667 bits per heavy atom. The highest BCUT2D eigenvalue weighted by Crippen LogP contribution is 1.97. The van der Waals surface area contributed by atoms with Gasteiger partial charge in [0.05, 0.1) is 0 Å². The molecule has 2 nitrogen and oxygen atoms in total. The number of rotatable bonds is 7. The molecule has 0 amide bonds. The molecule has 2 N–H and O–H groups in total. The van der Waals surface area contributed by atoms with E-state index in [4.69, 9.17) is 2.82 Å². The van der Waals surface area contributed by atoms with Crippen LogP contribution in [0.4, 0.5) is 0 Å². The number of hydrogen-bond acceptors (Lipinski definition) is 2. The maximum atomic E-state index is 7.91. The van der Waals surface area contributed by atoms with Gasteiger partial charge < -0.3 is 10.6 Å². The van der Waals surface area contributed by atoms with Crippen molar-refractivity contribution in [3.63, 3.8) is 0 Å². The molecule has 0 saturated carbocycles. The van der Waals surface area contributed by atoms with Gasteiger partial charge in [-0.25, -0.2) is 0 Å². The van der Waals surface area contributed by atoms with Crippen molar-refractivity contribution in [1.29, 1.82) is 0 Å². The predicted octanol–water partition coefficient (Wildman–Crippen LogP) is 2.57. The summed E-state index contributed by atoms with van der Waals surface area (Å²) < 4.78 is 15.8. The van der Waals surface area contributed by atoms with E-state index in [0.717, 1.165) is 11.1 Å². The lowest BCUT2D eigenvalue weighted by Crippen LogP contribution is -2.26. The van der Waals surface area contributed by atoms with E-state index in [1.807, 2.05) is 60.7 Å². The molecule has 0 radical (unpaired) electrons. The quantitative estimate of drug-likeness (QED) is 0.780. The summed E-state index contributed by atoms with van der Waals surface area (Å²) in [7, 11) is 0. The second-order valence-corrected chi connectivity index (χ2v) is 4.18. The van der Waals surface area contributed by atoms with E-state index in [1.54, 1.807) is 0 Å². The van der Waals surface area contributed by atoms with Crippen LogP contribution in [-0.2, 0) is 13.1 Å². The van der Waals surface area contributed by atoms with Crippen molar-refractivity contribution >= 4 is 0 Å². The first-order valence-electron chi connectivity index (χ1n) is 7.19. The number of benzene rings is 2. The lowest BCUT2D eigenvalue weighted by atomic mass is 10.2. The average molecular weight is 242 g/mol. The van der Waals surface area contributed by atoms with Crippen LogP contribution in [0.5, 0.6) is 0 Å². The fourth-order valence-corrected chi connectivity index (χ4v) is 1.72. The molecular weight excluding hydrogens is 220 g/mol. The zero-order valence-electron chi connectivity index (χ0n) is 12.5. The smallest absolute Gasteiger partial charge is 0.123 e. The van der Waals surface area contributed by atoms with E-state index >= 15 is 0 Å². The highest BCUT2D eigenvalue weighted by molar-refractivity contribution is 5.15. The summed E-state index contributed by atoms with van der Waals surface area (Å²) >= 11 is 0. The van der Waals surface area contributed by atoms with Gasteiger partial charge in [-0.05, 0) is 11.1 Å². The molecule has 0 saturated heterocycles. The van der Waals surface area contributed by atoms with Crippen LogP contribution in [0.1, 0.15) is 11.1 Å². The normalized spacial score (nSPS) is 12.6. The first-order valence-corrected chi connectivity index (χ1v) is 6.29. The van der Waals surface area contributed by atoms with Crippen LogP contribution in [0.3, 0.4) is 0 Å². The third-order valence-corrected chi connectivity index (χ3v) is 2.69. The van der Waals surface area contributed by atoms with E-state index in [1.165, 1.54) is 10.6 Å². The van der Waals surface area contributed by atoms with Crippen LogP contribution in [-0.4, -0.2) is 13.1 Å². The molecule has 0 atom stereocenters. The van der Waals surface area contributed by atoms with Crippen LogP contribution in [0.2, 0.25) is 2.82 Å². The molecule has 0 heterocycles. The lowest BCUT2D eigenvalue weighted by molar-refractivity contribution is 0.611. The number of hydrogen-bond donors (Lipinski definition) is 2. The van der Waals surface area contributed by atoms with E-state index in [9.17, 15) is 0 Å². The Morgan fingerprint density at radius 3 is 1.44 bits per heavy atom. The minimum atomic E-state index is 0.561. The summed E-state index contributed by atoms with van der Waals surface area (Å²) in [5.41, 5.74) is 2.25. The Bertz CT molecular complexity index is 443. The summed E-state index contributed by atoms with van der Waals surface area (Å²) in [5.74, 6) is 0. The van der Waals surface area contributed by atoms with Gasteiger partial charge >= 0.3 is 0 Å². The van der Waals surface area contributed by atoms with Gasteiger partial charge in [0.25, 0.3) is 0 Å². The van der Waals surface area contributed by atoms with Crippen molar-refractivity contribution in [2.24, 2.45) is 0 Å². The van der Waals surface area contributed by atoms with Gasteiger partial charge in [-0.15, -0.1) is 0 Å².